The van der Waals surface area contributed by atoms with Crippen molar-refractivity contribution in [3.05, 3.63) is 246 Å². The fourth-order valence-electron chi connectivity index (χ4n) is 12.9. The van der Waals surface area contributed by atoms with Gasteiger partial charge in [0.15, 0.2) is 29.2 Å². The molecule has 2 aromatic carbocycles. The number of aliphatic hydroxyl groups excluding tert-OH is 3. The van der Waals surface area contributed by atoms with E-state index < -0.39 is 18.3 Å². The third-order valence-corrected chi connectivity index (χ3v) is 18.2. The number of hydrogen-bond acceptors (Lipinski definition) is 18. The molecule has 25 heteroatoms. The molecule has 3 saturated carbocycles. The number of aliphatic hydroxyl groups is 3. The first-order chi connectivity index (χ1) is 49.1. The number of oxazole rings is 2. The van der Waals surface area contributed by atoms with Gasteiger partial charge >= 0.3 is 0 Å². The van der Waals surface area contributed by atoms with E-state index >= 15 is 0 Å². The van der Waals surface area contributed by atoms with E-state index in [-0.39, 0.29) is 35.8 Å². The Kier molecular flexibility index (Phi) is 21.3. The number of rotatable bonds is 18. The van der Waals surface area contributed by atoms with Gasteiger partial charge in [-0.15, -0.1) is 0 Å². The van der Waals surface area contributed by atoms with Crippen LogP contribution in [0.5, 0.6) is 0 Å². The average molecular weight is 1360 g/mol. The number of aryl methyl sites for hydroxylation is 3. The lowest BCUT2D eigenvalue weighted by molar-refractivity contribution is 0.0712. The highest BCUT2D eigenvalue weighted by Gasteiger charge is 2.30. The summed E-state index contributed by atoms with van der Waals surface area (Å²) < 4.78 is 17.3. The zero-order valence-electron chi connectivity index (χ0n) is 56.3. The summed E-state index contributed by atoms with van der Waals surface area (Å²) in [5.74, 6) is 2.13. The van der Waals surface area contributed by atoms with Crippen molar-refractivity contribution in [3.63, 3.8) is 0 Å². The number of amides is 3. The van der Waals surface area contributed by atoms with Crippen LogP contribution in [0.3, 0.4) is 0 Å². The van der Waals surface area contributed by atoms with Gasteiger partial charge in [-0.05, 0) is 158 Å². The summed E-state index contributed by atoms with van der Waals surface area (Å²) in [5.41, 5.74) is 12.3. The third-order valence-electron chi connectivity index (χ3n) is 18.2. The van der Waals surface area contributed by atoms with Crippen molar-refractivity contribution in [1.29, 1.82) is 0 Å². The van der Waals surface area contributed by atoms with Crippen molar-refractivity contribution in [2.24, 2.45) is 7.05 Å². The molecule has 10 aromatic heterocycles. The Labute approximate surface area is 582 Å². The predicted octanol–water partition coefficient (Wildman–Crippen LogP) is 10.0. The molecule has 0 saturated heterocycles. The van der Waals surface area contributed by atoms with Crippen LogP contribution in [0.1, 0.15) is 147 Å². The second kappa shape index (κ2) is 31.6. The molecule has 0 spiro atoms. The van der Waals surface area contributed by atoms with Gasteiger partial charge in [0.05, 0.1) is 48.3 Å². The highest BCUT2D eigenvalue weighted by atomic mass is 16.3. The molecule has 12 aromatic rings. The maximum Gasteiger partial charge on any atom is 0.270 e. The van der Waals surface area contributed by atoms with Crippen LogP contribution in [0.25, 0.3) is 51.2 Å². The van der Waals surface area contributed by atoms with Gasteiger partial charge in [-0.1, -0.05) is 80.3 Å². The molecular formula is C76H79N17O8. The maximum absolute atomic E-state index is 13.1. The van der Waals surface area contributed by atoms with Crippen molar-refractivity contribution in [2.45, 2.75) is 140 Å². The molecule has 25 nitrogen and oxygen atoms in total. The number of carbonyl (C=O) groups is 3. The van der Waals surface area contributed by atoms with Crippen LogP contribution in [0.4, 0.5) is 0 Å². The molecule has 3 amide bonds. The molecular weight excluding hydrogens is 1280 g/mol. The monoisotopic (exact) mass is 1360 g/mol. The zero-order valence-corrected chi connectivity index (χ0v) is 56.3. The van der Waals surface area contributed by atoms with E-state index in [0.29, 0.717) is 84.8 Å². The molecule has 0 unspecified atom stereocenters. The summed E-state index contributed by atoms with van der Waals surface area (Å²) in [6.07, 6.45) is 28.9. The molecule has 10 heterocycles. The van der Waals surface area contributed by atoms with E-state index in [1.165, 1.54) is 0 Å². The van der Waals surface area contributed by atoms with E-state index in [0.717, 1.165) is 119 Å². The summed E-state index contributed by atoms with van der Waals surface area (Å²) in [7, 11) is 1.88. The average Bonchev–Trinajstić information content (AvgIpc) is 1.68. The molecule has 0 radical (unpaired) electrons. The Bertz CT molecular complexity index is 4520. The fourth-order valence-corrected chi connectivity index (χ4v) is 12.9. The number of carbonyl (C=O) groups excluding carboxylic acids is 3. The van der Waals surface area contributed by atoms with Gasteiger partial charge in [-0.2, -0.15) is 20.4 Å². The zero-order chi connectivity index (χ0) is 69.8. The SMILES string of the molecule is Cc1nc(-c2ccc(Cc3cc(C(=O)N[C@H]4CCCC[C@@H]4O)nc(-n4cccn4)c3)cc2)co1.Cc1nc(-c2ccc(Cc3cc(C(=O)N[C@H]4CCC[C@@H]4O)nc(-n4cccn4)c3)cc2)co1.Cn1cc(-c2ccc(Cc3cc(C(=O)N[C@H]4CCCC[C@@H]4O)nc(-n4cccn4)c3)cn2)cn1. The minimum absolute atomic E-state index is 0.233. The van der Waals surface area contributed by atoms with Crippen molar-refractivity contribution >= 4 is 17.7 Å². The minimum Gasteiger partial charge on any atom is -0.449 e. The molecule has 0 aliphatic heterocycles. The lowest BCUT2D eigenvalue weighted by Gasteiger charge is -2.28. The number of hydrogen-bond donors (Lipinski definition) is 6. The summed E-state index contributed by atoms with van der Waals surface area (Å²) in [5, 5.41) is 56.5. The summed E-state index contributed by atoms with van der Waals surface area (Å²) in [6.45, 7) is 3.64. The molecule has 3 aliphatic rings. The molecule has 516 valence electrons. The Hall–Kier alpha value is -11.4. The summed E-state index contributed by atoms with van der Waals surface area (Å²) in [6, 6.07) is 36.2. The minimum atomic E-state index is -0.518. The van der Waals surface area contributed by atoms with Crippen molar-refractivity contribution in [3.8, 4) is 51.2 Å². The first kappa shape index (κ1) is 68.1. The second-order valence-electron chi connectivity index (χ2n) is 25.8. The number of nitrogens with zero attached hydrogens (tertiary/aromatic N) is 14. The number of benzene rings is 2. The smallest absolute Gasteiger partial charge is 0.270 e. The van der Waals surface area contributed by atoms with Gasteiger partial charge in [0.2, 0.25) is 0 Å². The van der Waals surface area contributed by atoms with Gasteiger partial charge in [0, 0.05) is 87.2 Å². The van der Waals surface area contributed by atoms with Gasteiger partial charge in [0.25, 0.3) is 17.7 Å². The Morgan fingerprint density at radius 2 is 0.822 bits per heavy atom. The highest BCUT2D eigenvalue weighted by Crippen LogP contribution is 2.27. The van der Waals surface area contributed by atoms with Crippen LogP contribution in [0, 0.1) is 13.8 Å². The Morgan fingerprint density at radius 1 is 0.436 bits per heavy atom. The van der Waals surface area contributed by atoms with Gasteiger partial charge in [0.1, 0.15) is 41.0 Å². The first-order valence-electron chi connectivity index (χ1n) is 34.1. The molecule has 6 N–H and O–H groups in total. The van der Waals surface area contributed by atoms with Crippen LogP contribution in [0.2, 0.25) is 0 Å². The molecule has 0 bridgehead atoms. The molecule has 6 atom stereocenters. The van der Waals surface area contributed by atoms with E-state index in [4.69, 9.17) is 8.83 Å². The van der Waals surface area contributed by atoms with Crippen LogP contribution in [-0.2, 0) is 26.3 Å². The van der Waals surface area contributed by atoms with Crippen LogP contribution >= 0.6 is 0 Å². The number of aromatic nitrogens is 14. The van der Waals surface area contributed by atoms with E-state index in [9.17, 15) is 29.7 Å². The third kappa shape index (κ3) is 17.5. The van der Waals surface area contributed by atoms with Crippen LogP contribution < -0.4 is 16.0 Å². The van der Waals surface area contributed by atoms with Gasteiger partial charge in [-0.25, -0.2) is 39.0 Å². The molecule has 101 heavy (non-hydrogen) atoms. The van der Waals surface area contributed by atoms with Crippen LogP contribution in [-0.4, -0.2) is 139 Å². The lowest BCUT2D eigenvalue weighted by atomic mass is 9.92. The predicted molar refractivity (Wildman–Crippen MR) is 375 cm³/mol. The topological polar surface area (TPSA) is 323 Å². The summed E-state index contributed by atoms with van der Waals surface area (Å²) >= 11 is 0. The van der Waals surface area contributed by atoms with Crippen LogP contribution in [0.15, 0.2) is 192 Å². The van der Waals surface area contributed by atoms with Crippen molar-refractivity contribution in [1.82, 2.24) is 85.0 Å². The molecule has 3 aliphatic carbocycles. The standard InChI is InChI=1S/C26H27N5O3.C25H27N7O2.C25H25N5O3/c1-17-28-23(16-34-17)20-9-7-18(8-10-20)13-19-14-22(29-25(15-19)31-12-4-11-27-31)26(33)30-21-5-2-3-6-24(21)32;1-31-16-19(15-28-31)20-8-7-17(14-26-20)11-18-12-22(29-24(13-18)32-10-4-9-27-32)25(34)30-21-5-2-3-6-23(21)33;1-16-27-22(15-33-16)19-8-6-17(7-9-19)12-18-13-21(25(32)29-20-4-2-5-23(20)31)28-24(14-18)30-11-3-10-26-30/h4,7-12,14-16,21,24,32H,2-3,5-6,13H2,1H3,(H,30,33);4,7-10,12-16,21,23,33H,2-3,5-6,11H2,1H3,(H,30,34);3,6-11,13-15,20,23,31H,2,4-5,12H2,1H3,(H,29,32)/t21-,24-;21-,23-;20-,23-/m000/s1. The van der Waals surface area contributed by atoms with Crippen molar-refractivity contribution < 1.29 is 38.5 Å². The largest absolute Gasteiger partial charge is 0.449 e. The van der Waals surface area contributed by atoms with E-state index in [1.807, 2.05) is 136 Å². The van der Waals surface area contributed by atoms with Gasteiger partial charge in [-0.3, -0.25) is 24.0 Å². The maximum atomic E-state index is 13.1. The molecule has 3 fully saturated rings. The van der Waals surface area contributed by atoms with E-state index in [2.05, 4.69) is 66.2 Å². The highest BCUT2D eigenvalue weighted by molar-refractivity contribution is 5.94. The second-order valence-corrected chi connectivity index (χ2v) is 25.8. The normalized spacial score (nSPS) is 18.0. The molecule has 15 rings (SSSR count). The number of nitrogens with one attached hydrogen (secondary N) is 3. The quantitative estimate of drug-likeness (QED) is 0.0465. The lowest BCUT2D eigenvalue weighted by Crippen LogP contribution is -2.45. The Balaban J connectivity index is 0.000000135. The first-order valence-corrected chi connectivity index (χ1v) is 34.1. The van der Waals surface area contributed by atoms with Crippen molar-refractivity contribution in [2.75, 3.05) is 0 Å². The summed E-state index contributed by atoms with van der Waals surface area (Å²) in [4.78, 5) is 66.0. The van der Waals surface area contributed by atoms with E-state index in [1.54, 1.807) is 86.8 Å². The number of pyridine rings is 4. The Morgan fingerprint density at radius 3 is 1.15 bits per heavy atom. The fraction of sp³-hybridized carbons (Fsp3) is 0.303. The van der Waals surface area contributed by atoms with Gasteiger partial charge < -0.3 is 40.1 Å².